The van der Waals surface area contributed by atoms with Gasteiger partial charge in [0.1, 0.15) is 5.70 Å². The van der Waals surface area contributed by atoms with Gasteiger partial charge >= 0.3 is 11.9 Å². The molecule has 0 fully saturated rings. The van der Waals surface area contributed by atoms with Crippen molar-refractivity contribution >= 4 is 27.7 Å². The predicted octanol–water partition coefficient (Wildman–Crippen LogP) is 1.42. The number of anilines is 1. The highest BCUT2D eigenvalue weighted by molar-refractivity contribution is 7.85. The minimum Gasteiger partial charge on any atom is -0.465 e. The van der Waals surface area contributed by atoms with Gasteiger partial charge in [0.25, 0.3) is 10.1 Å². The van der Waals surface area contributed by atoms with Crippen LogP contribution in [-0.4, -0.2) is 39.1 Å². The second-order valence-corrected chi connectivity index (χ2v) is 6.21. The predicted molar refractivity (Wildman–Crippen MR) is 88.1 cm³/mol. The van der Waals surface area contributed by atoms with Crippen molar-refractivity contribution in [3.05, 3.63) is 60.0 Å². The normalized spacial score (nSPS) is 14.3. The molecule has 0 saturated heterocycles. The number of carbonyl (C=O) groups is 2. The van der Waals surface area contributed by atoms with E-state index >= 15 is 0 Å². The summed E-state index contributed by atoms with van der Waals surface area (Å²) in [4.78, 5) is 25.2. The summed E-state index contributed by atoms with van der Waals surface area (Å²) in [7, 11) is -2.13. The lowest BCUT2D eigenvalue weighted by Crippen LogP contribution is -2.27. The summed E-state index contributed by atoms with van der Waals surface area (Å²) in [5.41, 5.74) is -0.0136. The van der Waals surface area contributed by atoms with Gasteiger partial charge in [-0.1, -0.05) is 12.1 Å². The Morgan fingerprint density at radius 3 is 2.36 bits per heavy atom. The average Bonchev–Trinajstić information content (AvgIpc) is 2.82. The maximum Gasteiger partial charge on any atom is 0.355 e. The number of esters is 2. The van der Waals surface area contributed by atoms with Crippen LogP contribution in [0.4, 0.5) is 5.69 Å². The summed E-state index contributed by atoms with van der Waals surface area (Å²) in [5, 5.41) is 0. The molecular formula is C16H15NO7S. The smallest absolute Gasteiger partial charge is 0.355 e. The zero-order valence-corrected chi connectivity index (χ0v) is 14.2. The summed E-state index contributed by atoms with van der Waals surface area (Å²) >= 11 is 0. The molecule has 8 nitrogen and oxygen atoms in total. The van der Waals surface area contributed by atoms with Crippen LogP contribution in [0.5, 0.6) is 0 Å². The van der Waals surface area contributed by atoms with Crippen LogP contribution in [-0.2, 0) is 29.2 Å². The zero-order chi connectivity index (χ0) is 18.6. The van der Waals surface area contributed by atoms with Crippen molar-refractivity contribution in [1.29, 1.82) is 0 Å². The molecule has 2 rings (SSSR count). The van der Waals surface area contributed by atoms with Gasteiger partial charge in [-0.15, -0.1) is 0 Å². The largest absolute Gasteiger partial charge is 0.465 e. The molecule has 0 aliphatic carbocycles. The first kappa shape index (κ1) is 18.4. The molecule has 25 heavy (non-hydrogen) atoms. The van der Waals surface area contributed by atoms with Gasteiger partial charge in [-0.05, 0) is 30.4 Å². The van der Waals surface area contributed by atoms with Gasteiger partial charge < -0.3 is 14.4 Å². The van der Waals surface area contributed by atoms with Gasteiger partial charge in [0.15, 0.2) is 0 Å². The molecule has 0 aromatic heterocycles. The van der Waals surface area contributed by atoms with Crippen molar-refractivity contribution < 1.29 is 32.0 Å². The van der Waals surface area contributed by atoms with Crippen LogP contribution in [0.15, 0.2) is 64.9 Å². The maximum atomic E-state index is 12.3. The quantitative estimate of drug-likeness (QED) is 0.630. The van der Waals surface area contributed by atoms with Crippen molar-refractivity contribution in [2.45, 2.75) is 4.90 Å². The van der Waals surface area contributed by atoms with E-state index in [1.54, 1.807) is 6.08 Å². The number of benzene rings is 1. The fourth-order valence-corrected chi connectivity index (χ4v) is 2.68. The number of hydrogen-bond donors (Lipinski definition) is 1. The van der Waals surface area contributed by atoms with Gasteiger partial charge in [0.2, 0.25) is 0 Å². The average molecular weight is 365 g/mol. The number of carbonyl (C=O) groups excluding carboxylic acids is 2. The van der Waals surface area contributed by atoms with Gasteiger partial charge in [-0.25, -0.2) is 9.59 Å². The van der Waals surface area contributed by atoms with Crippen LogP contribution >= 0.6 is 0 Å². The molecule has 1 aromatic carbocycles. The first-order valence-corrected chi connectivity index (χ1v) is 8.36. The molecule has 0 amide bonds. The lowest BCUT2D eigenvalue weighted by atomic mass is 10.1. The summed E-state index contributed by atoms with van der Waals surface area (Å²) < 4.78 is 41.3. The Balaban J connectivity index is 2.69. The first-order valence-electron chi connectivity index (χ1n) is 6.92. The van der Waals surface area contributed by atoms with E-state index in [0.29, 0.717) is 0 Å². The minimum atomic E-state index is -4.44. The van der Waals surface area contributed by atoms with Gasteiger partial charge in [0, 0.05) is 11.9 Å². The SMILES string of the molecule is COC(=O)C1=C(C(=O)OC)N(c2cccc(S(=O)(=O)O)c2)C=CC=C1. The Morgan fingerprint density at radius 2 is 1.76 bits per heavy atom. The van der Waals surface area contributed by atoms with Crippen LogP contribution in [0, 0.1) is 0 Å². The highest BCUT2D eigenvalue weighted by Gasteiger charge is 2.27. The van der Waals surface area contributed by atoms with E-state index in [-0.39, 0.29) is 21.9 Å². The summed E-state index contributed by atoms with van der Waals surface area (Å²) in [6.45, 7) is 0. The van der Waals surface area contributed by atoms with Crippen LogP contribution in [0.1, 0.15) is 0 Å². The van der Waals surface area contributed by atoms with Crippen molar-refractivity contribution in [1.82, 2.24) is 0 Å². The molecule has 0 bridgehead atoms. The van der Waals surface area contributed by atoms with E-state index in [1.165, 1.54) is 48.6 Å². The van der Waals surface area contributed by atoms with E-state index in [0.717, 1.165) is 13.2 Å². The van der Waals surface area contributed by atoms with Crippen molar-refractivity contribution in [3.8, 4) is 0 Å². The molecule has 9 heteroatoms. The zero-order valence-electron chi connectivity index (χ0n) is 13.4. The highest BCUT2D eigenvalue weighted by atomic mass is 32.2. The molecule has 1 N–H and O–H groups in total. The van der Waals surface area contributed by atoms with Crippen LogP contribution in [0.25, 0.3) is 0 Å². The summed E-state index contributed by atoms with van der Waals surface area (Å²) in [5.74, 6) is -1.59. The van der Waals surface area contributed by atoms with Crippen molar-refractivity contribution in [2.24, 2.45) is 0 Å². The van der Waals surface area contributed by atoms with Crippen LogP contribution in [0.2, 0.25) is 0 Å². The molecule has 1 aliphatic rings. The summed E-state index contributed by atoms with van der Waals surface area (Å²) in [6.07, 6.45) is 5.88. The molecule has 0 radical (unpaired) electrons. The molecule has 1 heterocycles. The standard InChI is InChI=1S/C16H15NO7S/c1-23-15(18)13-8-3-4-9-17(14(13)16(19)24-2)11-6-5-7-12(10-11)25(20,21)22/h3-10H,1-2H3,(H,20,21,22). The fourth-order valence-electron chi connectivity index (χ4n) is 2.16. The molecule has 132 valence electrons. The van der Waals surface area contributed by atoms with E-state index in [4.69, 9.17) is 4.74 Å². The van der Waals surface area contributed by atoms with E-state index in [9.17, 15) is 22.6 Å². The number of nitrogens with zero attached hydrogens (tertiary/aromatic N) is 1. The fraction of sp³-hybridized carbons (Fsp3) is 0.125. The maximum absolute atomic E-state index is 12.3. The molecule has 0 unspecified atom stereocenters. The Kier molecular flexibility index (Phi) is 5.40. The Hall–Kier alpha value is -2.91. The minimum absolute atomic E-state index is 0.0726. The van der Waals surface area contributed by atoms with Gasteiger partial charge in [-0.2, -0.15) is 8.42 Å². The lowest BCUT2D eigenvalue weighted by Gasteiger charge is -2.23. The Morgan fingerprint density at radius 1 is 1.08 bits per heavy atom. The second-order valence-electron chi connectivity index (χ2n) is 4.79. The number of allylic oxidation sites excluding steroid dienone is 2. The number of methoxy groups -OCH3 is 2. The number of hydrogen-bond acceptors (Lipinski definition) is 7. The van der Waals surface area contributed by atoms with Gasteiger partial charge in [-0.3, -0.25) is 4.55 Å². The second kappa shape index (κ2) is 7.32. The molecular weight excluding hydrogens is 350 g/mol. The topological polar surface area (TPSA) is 110 Å². The molecule has 0 saturated carbocycles. The van der Waals surface area contributed by atoms with E-state index < -0.39 is 22.1 Å². The van der Waals surface area contributed by atoms with Crippen LogP contribution in [0.3, 0.4) is 0 Å². The van der Waals surface area contributed by atoms with E-state index in [1.807, 2.05) is 0 Å². The molecule has 1 aliphatic heterocycles. The molecule has 0 spiro atoms. The van der Waals surface area contributed by atoms with Crippen LogP contribution < -0.4 is 4.90 Å². The number of rotatable bonds is 4. The third kappa shape index (κ3) is 3.95. The highest BCUT2D eigenvalue weighted by Crippen LogP contribution is 2.28. The first-order chi connectivity index (χ1) is 11.8. The number of ether oxygens (including phenoxy) is 2. The summed E-state index contributed by atoms with van der Waals surface area (Å²) in [6, 6.07) is 5.24. The third-order valence-electron chi connectivity index (χ3n) is 3.28. The molecule has 1 aromatic rings. The molecule has 0 atom stereocenters. The Bertz CT molecular complexity index is 897. The lowest BCUT2D eigenvalue weighted by molar-refractivity contribution is -0.139. The third-order valence-corrected chi connectivity index (χ3v) is 4.13. The van der Waals surface area contributed by atoms with E-state index in [2.05, 4.69) is 4.74 Å². The van der Waals surface area contributed by atoms with Crippen molar-refractivity contribution in [3.63, 3.8) is 0 Å². The monoisotopic (exact) mass is 365 g/mol. The van der Waals surface area contributed by atoms with Crippen molar-refractivity contribution in [2.75, 3.05) is 19.1 Å². The van der Waals surface area contributed by atoms with Gasteiger partial charge in [0.05, 0.1) is 24.7 Å². The Labute approximate surface area is 144 Å².